The van der Waals surface area contributed by atoms with Crippen molar-refractivity contribution < 1.29 is 23.8 Å². The summed E-state index contributed by atoms with van der Waals surface area (Å²) in [4.78, 5) is 21.7. The predicted molar refractivity (Wildman–Crippen MR) is 112 cm³/mol. The monoisotopic (exact) mass is 431 g/mol. The van der Waals surface area contributed by atoms with Crippen molar-refractivity contribution in [3.05, 3.63) is 40.8 Å². The Hall–Kier alpha value is -2.78. The molecule has 0 unspecified atom stereocenters. The summed E-state index contributed by atoms with van der Waals surface area (Å²) < 4.78 is 24.8. The third-order valence-corrected chi connectivity index (χ3v) is 6.37. The molecule has 0 bridgehead atoms. The number of anilines is 2. The number of thiophene rings is 1. The van der Waals surface area contributed by atoms with E-state index in [0.29, 0.717) is 44.3 Å². The molecule has 30 heavy (non-hydrogen) atoms. The minimum Gasteiger partial charge on any atom is -0.488 e. The largest absolute Gasteiger partial charge is 0.488 e. The van der Waals surface area contributed by atoms with Gasteiger partial charge in [0.05, 0.1) is 24.3 Å². The van der Waals surface area contributed by atoms with Crippen molar-refractivity contribution in [2.24, 2.45) is 0 Å². The Kier molecular flexibility index (Phi) is 5.83. The Morgan fingerprint density at radius 1 is 1.33 bits per heavy atom. The molecule has 1 aromatic carbocycles. The summed E-state index contributed by atoms with van der Waals surface area (Å²) in [5, 5.41) is 13.8. The molecule has 0 radical (unpaired) electrons. The zero-order valence-corrected chi connectivity index (χ0v) is 17.5. The fourth-order valence-electron chi connectivity index (χ4n) is 3.69. The number of carbonyl (C=O) groups is 1. The van der Waals surface area contributed by atoms with Crippen LogP contribution in [0.3, 0.4) is 0 Å². The molecule has 0 saturated heterocycles. The van der Waals surface area contributed by atoms with E-state index in [1.54, 1.807) is 6.07 Å². The summed E-state index contributed by atoms with van der Waals surface area (Å²) in [7, 11) is 1.33. The summed E-state index contributed by atoms with van der Waals surface area (Å²) in [5.41, 5.74) is 1.26. The lowest BCUT2D eigenvalue weighted by molar-refractivity contribution is 0.0538. The van der Waals surface area contributed by atoms with Crippen molar-refractivity contribution in [1.29, 1.82) is 0 Å². The molecule has 7 nitrogen and oxygen atoms in total. The number of ether oxygens (including phenoxy) is 2. The SMILES string of the molecule is COC(=O)c1sc2ncnc(Nc3ccc(F)cc3O[C@@H]3CCC[C@@H](O)C3)c2c1C. The molecular formula is C21H22FN3O4S. The van der Waals surface area contributed by atoms with Crippen LogP contribution in [-0.4, -0.2) is 40.4 Å². The smallest absolute Gasteiger partial charge is 0.348 e. The van der Waals surface area contributed by atoms with Crippen LogP contribution >= 0.6 is 11.3 Å². The molecule has 158 valence electrons. The van der Waals surface area contributed by atoms with Crippen LogP contribution in [0.25, 0.3) is 10.2 Å². The molecule has 0 amide bonds. The van der Waals surface area contributed by atoms with E-state index in [4.69, 9.17) is 9.47 Å². The van der Waals surface area contributed by atoms with Gasteiger partial charge in [0, 0.05) is 12.5 Å². The Bertz CT molecular complexity index is 1090. The van der Waals surface area contributed by atoms with Gasteiger partial charge in [-0.05, 0) is 43.9 Å². The van der Waals surface area contributed by atoms with E-state index in [1.807, 2.05) is 6.92 Å². The molecule has 3 aromatic rings. The molecule has 2 heterocycles. The topological polar surface area (TPSA) is 93.6 Å². The van der Waals surface area contributed by atoms with Crippen molar-refractivity contribution >= 4 is 39.0 Å². The van der Waals surface area contributed by atoms with Crippen molar-refractivity contribution in [3.8, 4) is 5.75 Å². The van der Waals surface area contributed by atoms with Gasteiger partial charge in [-0.1, -0.05) is 0 Å². The molecule has 1 fully saturated rings. The van der Waals surface area contributed by atoms with Crippen LogP contribution in [0, 0.1) is 12.7 Å². The van der Waals surface area contributed by atoms with Gasteiger partial charge in [0.1, 0.15) is 39.5 Å². The van der Waals surface area contributed by atoms with E-state index >= 15 is 0 Å². The molecule has 4 rings (SSSR count). The van der Waals surface area contributed by atoms with Crippen molar-refractivity contribution in [3.63, 3.8) is 0 Å². The Labute approximate surface area is 176 Å². The normalized spacial score (nSPS) is 18.9. The molecule has 2 N–H and O–H groups in total. The number of aliphatic hydroxyl groups is 1. The number of fused-ring (bicyclic) bond motifs is 1. The molecule has 9 heteroatoms. The number of aromatic nitrogens is 2. The Balaban J connectivity index is 1.68. The summed E-state index contributed by atoms with van der Waals surface area (Å²) in [6.45, 7) is 1.81. The first-order valence-electron chi connectivity index (χ1n) is 9.70. The van der Waals surface area contributed by atoms with Gasteiger partial charge in [0.15, 0.2) is 0 Å². The second-order valence-electron chi connectivity index (χ2n) is 7.28. The first-order valence-corrected chi connectivity index (χ1v) is 10.5. The maximum atomic E-state index is 13.9. The number of carbonyl (C=O) groups excluding carboxylic acids is 1. The fourth-order valence-corrected chi connectivity index (χ4v) is 4.75. The lowest BCUT2D eigenvalue weighted by Gasteiger charge is -2.27. The number of nitrogens with one attached hydrogen (secondary N) is 1. The molecule has 1 aliphatic carbocycles. The zero-order valence-electron chi connectivity index (χ0n) is 16.6. The summed E-state index contributed by atoms with van der Waals surface area (Å²) >= 11 is 1.23. The summed E-state index contributed by atoms with van der Waals surface area (Å²) in [6.07, 6.45) is 3.75. The highest BCUT2D eigenvalue weighted by Gasteiger charge is 2.24. The van der Waals surface area contributed by atoms with Crippen LogP contribution in [0.15, 0.2) is 24.5 Å². The second kappa shape index (κ2) is 8.53. The number of aliphatic hydroxyl groups excluding tert-OH is 1. The average molecular weight is 431 g/mol. The lowest BCUT2D eigenvalue weighted by atomic mass is 9.95. The number of halogens is 1. The van der Waals surface area contributed by atoms with Crippen LogP contribution in [0.2, 0.25) is 0 Å². The highest BCUT2D eigenvalue weighted by molar-refractivity contribution is 7.20. The molecule has 1 aliphatic rings. The fraction of sp³-hybridized carbons (Fsp3) is 0.381. The summed E-state index contributed by atoms with van der Waals surface area (Å²) in [6, 6.07) is 4.24. The standard InChI is InChI=1S/C21H22FN3O4S/c1-11-17-19(23-10-24-20(17)30-18(11)21(27)28-2)25-15-7-6-12(22)8-16(15)29-14-5-3-4-13(26)9-14/h6-8,10,13-14,26H,3-5,9H2,1-2H3,(H,23,24,25)/t13-,14-/m1/s1. The third-order valence-electron chi connectivity index (χ3n) is 5.19. The Morgan fingerprint density at radius 2 is 2.17 bits per heavy atom. The number of hydrogen-bond acceptors (Lipinski definition) is 8. The highest BCUT2D eigenvalue weighted by atomic mass is 32.1. The molecule has 1 saturated carbocycles. The first-order chi connectivity index (χ1) is 14.5. The van der Waals surface area contributed by atoms with Gasteiger partial charge < -0.3 is 19.9 Å². The van der Waals surface area contributed by atoms with Crippen LogP contribution in [0.1, 0.15) is 40.9 Å². The van der Waals surface area contributed by atoms with Gasteiger partial charge >= 0.3 is 5.97 Å². The minimum atomic E-state index is -0.428. The van der Waals surface area contributed by atoms with Crippen molar-refractivity contribution in [1.82, 2.24) is 9.97 Å². The lowest BCUT2D eigenvalue weighted by Crippen LogP contribution is -2.28. The van der Waals surface area contributed by atoms with Gasteiger partial charge in [-0.15, -0.1) is 11.3 Å². The van der Waals surface area contributed by atoms with Crippen molar-refractivity contribution in [2.75, 3.05) is 12.4 Å². The Morgan fingerprint density at radius 3 is 2.93 bits per heavy atom. The van der Waals surface area contributed by atoms with E-state index in [1.165, 1.54) is 36.9 Å². The van der Waals surface area contributed by atoms with E-state index in [-0.39, 0.29) is 6.10 Å². The molecular weight excluding hydrogens is 409 g/mol. The van der Waals surface area contributed by atoms with Crippen LogP contribution < -0.4 is 10.1 Å². The van der Waals surface area contributed by atoms with E-state index in [9.17, 15) is 14.3 Å². The van der Waals surface area contributed by atoms with E-state index in [0.717, 1.165) is 19.3 Å². The number of aryl methyl sites for hydroxylation is 1. The van der Waals surface area contributed by atoms with Crippen LogP contribution in [0.5, 0.6) is 5.75 Å². The number of methoxy groups -OCH3 is 1. The highest BCUT2D eigenvalue weighted by Crippen LogP contribution is 2.37. The van der Waals surface area contributed by atoms with Gasteiger partial charge in [-0.25, -0.2) is 19.2 Å². The number of hydrogen-bond donors (Lipinski definition) is 2. The second-order valence-corrected chi connectivity index (χ2v) is 8.28. The molecule has 0 spiro atoms. The average Bonchev–Trinajstić information content (AvgIpc) is 3.07. The first kappa shape index (κ1) is 20.5. The van der Waals surface area contributed by atoms with E-state index in [2.05, 4.69) is 15.3 Å². The van der Waals surface area contributed by atoms with Crippen LogP contribution in [-0.2, 0) is 4.74 Å². The predicted octanol–water partition coefficient (Wildman–Crippen LogP) is 4.35. The van der Waals surface area contributed by atoms with Gasteiger partial charge in [-0.3, -0.25) is 0 Å². The van der Waals surface area contributed by atoms with Gasteiger partial charge in [0.2, 0.25) is 0 Å². The van der Waals surface area contributed by atoms with E-state index < -0.39 is 17.9 Å². The van der Waals surface area contributed by atoms with Crippen molar-refractivity contribution in [2.45, 2.75) is 44.8 Å². The third kappa shape index (κ3) is 4.08. The molecule has 0 aliphatic heterocycles. The number of rotatable bonds is 5. The molecule has 2 atom stereocenters. The maximum absolute atomic E-state index is 13.9. The molecule has 2 aromatic heterocycles. The summed E-state index contributed by atoms with van der Waals surface area (Å²) in [5.74, 6) is -0.00600. The van der Waals surface area contributed by atoms with Crippen LogP contribution in [0.4, 0.5) is 15.9 Å². The number of esters is 1. The quantitative estimate of drug-likeness (QED) is 0.580. The zero-order chi connectivity index (χ0) is 21.3. The maximum Gasteiger partial charge on any atom is 0.348 e. The minimum absolute atomic E-state index is 0.185. The number of nitrogens with zero attached hydrogens (tertiary/aromatic N) is 2. The van der Waals surface area contributed by atoms with Gasteiger partial charge in [-0.2, -0.15) is 0 Å². The van der Waals surface area contributed by atoms with Gasteiger partial charge in [0.25, 0.3) is 0 Å². The number of benzene rings is 1.